The minimum Gasteiger partial charge on any atom is -0.476 e. The van der Waals surface area contributed by atoms with E-state index >= 15 is 0 Å². The monoisotopic (exact) mass is 531 g/mol. The number of anilines is 1. The molecule has 1 fully saturated rings. The van der Waals surface area contributed by atoms with Gasteiger partial charge in [-0.05, 0) is 71.9 Å². The van der Waals surface area contributed by atoms with Crippen LogP contribution in [-0.4, -0.2) is 36.5 Å². The number of halogens is 3. The molecule has 33 heavy (non-hydrogen) atoms. The molecule has 5 nitrogen and oxygen atoms in total. The molecule has 1 atom stereocenters. The second-order valence-corrected chi connectivity index (χ2v) is 9.97. The molecule has 2 aromatic rings. The molecule has 1 unspecified atom stereocenters. The van der Waals surface area contributed by atoms with Gasteiger partial charge in [0.25, 0.3) is 5.91 Å². The number of hydrogen-bond acceptors (Lipinski definition) is 4. The second kappa shape index (κ2) is 9.36. The highest BCUT2D eigenvalue weighted by Gasteiger charge is 2.40. The number of nitrogens with zero attached hydrogens (tertiary/aromatic N) is 3. The van der Waals surface area contributed by atoms with E-state index in [0.29, 0.717) is 54.1 Å². The Bertz CT molecular complexity index is 1120. The quantitative estimate of drug-likeness (QED) is 0.506. The smallest absolute Gasteiger partial charge is 0.265 e. The summed E-state index contributed by atoms with van der Waals surface area (Å²) < 4.78 is 20.0. The Kier molecular flexibility index (Phi) is 6.69. The standard InChI is InChI=1S/C25H24BrClFN3O2/c1-16(2)31-14-23(33-22-11-19(26)20(27)12-21(22)31)24(32)30-9-7-25(15-29,8-10-30)13-17-3-5-18(28)6-4-17/h3-6,11-12,23H,1,7-10,13-14H2,2H3. The number of carbonyl (C=O) groups is 1. The molecule has 2 aromatic carbocycles. The number of hydrogen-bond donors (Lipinski definition) is 0. The van der Waals surface area contributed by atoms with Crippen LogP contribution in [0, 0.1) is 22.6 Å². The summed E-state index contributed by atoms with van der Waals surface area (Å²) in [6.07, 6.45) is 0.967. The predicted molar refractivity (Wildman–Crippen MR) is 130 cm³/mol. The summed E-state index contributed by atoms with van der Waals surface area (Å²) in [6, 6.07) is 12.3. The molecule has 0 N–H and O–H groups in total. The maximum absolute atomic E-state index is 13.4. The molecule has 0 bridgehead atoms. The zero-order valence-electron chi connectivity index (χ0n) is 18.3. The molecule has 0 radical (unpaired) electrons. The van der Waals surface area contributed by atoms with Crippen LogP contribution in [0.4, 0.5) is 10.1 Å². The maximum Gasteiger partial charge on any atom is 0.265 e. The van der Waals surface area contributed by atoms with E-state index in [-0.39, 0.29) is 11.7 Å². The van der Waals surface area contributed by atoms with E-state index in [1.165, 1.54) is 12.1 Å². The van der Waals surface area contributed by atoms with Gasteiger partial charge in [-0.3, -0.25) is 4.79 Å². The van der Waals surface area contributed by atoms with Crippen molar-refractivity contribution in [2.75, 3.05) is 24.5 Å². The summed E-state index contributed by atoms with van der Waals surface area (Å²) in [6.45, 7) is 7.20. The number of ether oxygens (including phenoxy) is 1. The fraction of sp³-hybridized carbons (Fsp3) is 0.360. The normalized spacial score (nSPS) is 19.3. The lowest BCUT2D eigenvalue weighted by atomic mass is 9.75. The fourth-order valence-electron chi connectivity index (χ4n) is 4.45. The summed E-state index contributed by atoms with van der Waals surface area (Å²) in [4.78, 5) is 17.1. The maximum atomic E-state index is 13.4. The molecule has 4 rings (SSSR count). The average Bonchev–Trinajstić information content (AvgIpc) is 2.80. The third-order valence-electron chi connectivity index (χ3n) is 6.37. The Labute approximate surface area is 206 Å². The Morgan fingerprint density at radius 2 is 2.00 bits per heavy atom. The zero-order valence-corrected chi connectivity index (χ0v) is 20.6. The van der Waals surface area contributed by atoms with E-state index in [1.807, 2.05) is 11.8 Å². The van der Waals surface area contributed by atoms with Crippen molar-refractivity contribution in [3.8, 4) is 11.8 Å². The number of benzene rings is 2. The van der Waals surface area contributed by atoms with Crippen molar-refractivity contribution in [1.82, 2.24) is 4.90 Å². The highest BCUT2D eigenvalue weighted by Crippen LogP contribution is 2.42. The second-order valence-electron chi connectivity index (χ2n) is 8.71. The van der Waals surface area contributed by atoms with Gasteiger partial charge in [0, 0.05) is 23.3 Å². The van der Waals surface area contributed by atoms with Crippen LogP contribution >= 0.6 is 27.5 Å². The minimum atomic E-state index is -0.686. The van der Waals surface area contributed by atoms with Crippen molar-refractivity contribution in [2.24, 2.45) is 5.41 Å². The number of allylic oxidation sites excluding steroid dienone is 1. The molecule has 0 aromatic heterocycles. The summed E-state index contributed by atoms with van der Waals surface area (Å²) in [5, 5.41) is 10.5. The molecule has 0 spiro atoms. The number of nitriles is 1. The third-order valence-corrected chi connectivity index (χ3v) is 7.57. The molecular formula is C25H24BrClFN3O2. The van der Waals surface area contributed by atoms with Gasteiger partial charge >= 0.3 is 0 Å². The van der Waals surface area contributed by atoms with E-state index < -0.39 is 11.5 Å². The number of likely N-dealkylation sites (tertiary alicyclic amines) is 1. The van der Waals surface area contributed by atoms with Gasteiger partial charge in [0.15, 0.2) is 6.10 Å². The van der Waals surface area contributed by atoms with Crippen LogP contribution in [0.5, 0.6) is 5.75 Å². The van der Waals surface area contributed by atoms with Gasteiger partial charge in [-0.15, -0.1) is 0 Å². The number of amides is 1. The SMILES string of the molecule is C=C(C)N1CC(C(=O)N2CCC(C#N)(Cc3ccc(F)cc3)CC2)Oc2cc(Br)c(Cl)cc21. The highest BCUT2D eigenvalue weighted by atomic mass is 79.9. The lowest BCUT2D eigenvalue weighted by Gasteiger charge is -2.41. The van der Waals surface area contributed by atoms with E-state index in [2.05, 4.69) is 28.6 Å². The van der Waals surface area contributed by atoms with E-state index in [1.54, 1.807) is 29.2 Å². The predicted octanol–water partition coefficient (Wildman–Crippen LogP) is 5.72. The van der Waals surface area contributed by atoms with Gasteiger partial charge in [0.2, 0.25) is 0 Å². The van der Waals surface area contributed by atoms with Crippen molar-refractivity contribution in [3.63, 3.8) is 0 Å². The molecule has 2 heterocycles. The molecule has 172 valence electrons. The van der Waals surface area contributed by atoms with Crippen LogP contribution in [0.15, 0.2) is 53.1 Å². The van der Waals surface area contributed by atoms with Gasteiger partial charge in [-0.1, -0.05) is 30.3 Å². The number of carbonyl (C=O) groups excluding carboxylic acids is 1. The summed E-state index contributed by atoms with van der Waals surface area (Å²) in [5.41, 5.74) is 1.92. The van der Waals surface area contributed by atoms with Crippen LogP contribution in [0.25, 0.3) is 0 Å². The fourth-order valence-corrected chi connectivity index (χ4v) is 4.93. The first-order chi connectivity index (χ1) is 15.7. The summed E-state index contributed by atoms with van der Waals surface area (Å²) >= 11 is 9.68. The van der Waals surface area contributed by atoms with Crippen molar-refractivity contribution in [2.45, 2.75) is 32.3 Å². The summed E-state index contributed by atoms with van der Waals surface area (Å²) in [7, 11) is 0. The van der Waals surface area contributed by atoms with E-state index in [9.17, 15) is 14.4 Å². The van der Waals surface area contributed by atoms with E-state index in [0.717, 1.165) is 16.9 Å². The number of fused-ring (bicyclic) bond motifs is 1. The first-order valence-corrected chi connectivity index (χ1v) is 11.9. The van der Waals surface area contributed by atoms with Gasteiger partial charge in [-0.2, -0.15) is 5.26 Å². The highest BCUT2D eigenvalue weighted by molar-refractivity contribution is 9.10. The van der Waals surface area contributed by atoms with Crippen LogP contribution < -0.4 is 9.64 Å². The van der Waals surface area contributed by atoms with Crippen LogP contribution in [0.2, 0.25) is 5.02 Å². The number of piperidine rings is 1. The molecule has 0 aliphatic carbocycles. The largest absolute Gasteiger partial charge is 0.476 e. The molecule has 2 aliphatic rings. The van der Waals surface area contributed by atoms with Crippen molar-refractivity contribution >= 4 is 39.1 Å². The Balaban J connectivity index is 1.47. The molecule has 8 heteroatoms. The Hall–Kier alpha value is -2.56. The van der Waals surface area contributed by atoms with Crippen LogP contribution in [0.1, 0.15) is 25.3 Å². The van der Waals surface area contributed by atoms with Gasteiger partial charge < -0.3 is 14.5 Å². The molecule has 1 amide bonds. The van der Waals surface area contributed by atoms with E-state index in [4.69, 9.17) is 16.3 Å². The van der Waals surface area contributed by atoms with Crippen molar-refractivity contribution in [1.29, 1.82) is 5.26 Å². The molecule has 1 saturated heterocycles. The lowest BCUT2D eigenvalue weighted by molar-refractivity contribution is -0.140. The summed E-state index contributed by atoms with van der Waals surface area (Å²) in [5.74, 6) is 0.169. The lowest BCUT2D eigenvalue weighted by Crippen LogP contribution is -2.53. The molecule has 2 aliphatic heterocycles. The van der Waals surface area contributed by atoms with Crippen LogP contribution in [0.3, 0.4) is 0 Å². The first kappa shape index (κ1) is 23.6. The third kappa shape index (κ3) is 4.87. The topological polar surface area (TPSA) is 56.6 Å². The van der Waals surface area contributed by atoms with Gasteiger partial charge in [0.05, 0.1) is 28.7 Å². The molecular weight excluding hydrogens is 509 g/mol. The van der Waals surface area contributed by atoms with Gasteiger partial charge in [-0.25, -0.2) is 4.39 Å². The van der Waals surface area contributed by atoms with Crippen molar-refractivity contribution in [3.05, 3.63) is 69.6 Å². The first-order valence-electron chi connectivity index (χ1n) is 10.7. The molecule has 0 saturated carbocycles. The minimum absolute atomic E-state index is 0.105. The average molecular weight is 533 g/mol. The van der Waals surface area contributed by atoms with Crippen molar-refractivity contribution < 1.29 is 13.9 Å². The van der Waals surface area contributed by atoms with Gasteiger partial charge in [0.1, 0.15) is 11.6 Å². The van der Waals surface area contributed by atoms with Crippen LogP contribution in [-0.2, 0) is 11.2 Å². The Morgan fingerprint density at radius 1 is 1.33 bits per heavy atom. The Morgan fingerprint density at radius 3 is 2.61 bits per heavy atom. The number of rotatable bonds is 4. The zero-order chi connectivity index (χ0) is 23.8.